The molecule has 0 radical (unpaired) electrons. The van der Waals surface area contributed by atoms with Crippen LogP contribution in [0.1, 0.15) is 28.8 Å². The summed E-state index contributed by atoms with van der Waals surface area (Å²) in [7, 11) is 1.63. The van der Waals surface area contributed by atoms with Gasteiger partial charge in [0.2, 0.25) is 5.56 Å². The highest BCUT2D eigenvalue weighted by Crippen LogP contribution is 2.33. The fourth-order valence-corrected chi connectivity index (χ4v) is 3.12. The van der Waals surface area contributed by atoms with Crippen LogP contribution in [-0.4, -0.2) is 23.7 Å². The maximum atomic E-state index is 12.7. The van der Waals surface area contributed by atoms with Crippen molar-refractivity contribution in [3.8, 4) is 0 Å². The third kappa shape index (κ3) is 3.37. The number of amides is 1. The second kappa shape index (κ2) is 6.79. The summed E-state index contributed by atoms with van der Waals surface area (Å²) in [5, 5.41) is 3.81. The fourth-order valence-electron chi connectivity index (χ4n) is 2.99. The van der Waals surface area contributed by atoms with E-state index in [0.29, 0.717) is 36.6 Å². The van der Waals surface area contributed by atoms with Gasteiger partial charge in [0.05, 0.1) is 11.1 Å². The topological polar surface area (TPSA) is 60.3 Å². The fraction of sp³-hybridized carbons (Fsp3) is 0.333. The normalized spacial score (nSPS) is 16.6. The predicted octanol–water partition coefficient (Wildman–Crippen LogP) is 2.47. The van der Waals surface area contributed by atoms with Crippen LogP contribution in [0.15, 0.2) is 47.4 Å². The molecule has 5 nitrogen and oxygen atoms in total. The van der Waals surface area contributed by atoms with Gasteiger partial charge in [-0.05, 0) is 36.6 Å². The first-order valence-electron chi connectivity index (χ1n) is 7.83. The van der Waals surface area contributed by atoms with E-state index < -0.39 is 5.54 Å². The molecule has 1 aliphatic rings. The molecule has 0 saturated carbocycles. The second-order valence-electron chi connectivity index (χ2n) is 6.02. The van der Waals surface area contributed by atoms with E-state index in [1.54, 1.807) is 19.3 Å². The van der Waals surface area contributed by atoms with E-state index >= 15 is 0 Å². The Kier molecular flexibility index (Phi) is 4.73. The molecule has 3 rings (SSSR count). The molecule has 1 fully saturated rings. The highest BCUT2D eigenvalue weighted by Gasteiger charge is 2.36. The molecular formula is C18H19ClN2O3. The number of aryl methyl sites for hydroxylation is 1. The van der Waals surface area contributed by atoms with Gasteiger partial charge in [0.15, 0.2) is 0 Å². The van der Waals surface area contributed by atoms with Crippen LogP contribution >= 0.6 is 11.6 Å². The minimum absolute atomic E-state index is 0.148. The van der Waals surface area contributed by atoms with Crippen molar-refractivity contribution in [2.45, 2.75) is 18.4 Å². The zero-order valence-corrected chi connectivity index (χ0v) is 14.2. The second-order valence-corrected chi connectivity index (χ2v) is 6.46. The number of carbonyl (C=O) groups excluding carboxylic acids is 1. The van der Waals surface area contributed by atoms with Crippen molar-refractivity contribution >= 4 is 17.5 Å². The third-order valence-electron chi connectivity index (χ3n) is 4.44. The van der Waals surface area contributed by atoms with Crippen LogP contribution in [0.25, 0.3) is 0 Å². The first kappa shape index (κ1) is 16.7. The Labute approximate surface area is 145 Å². The number of hydrogen-bond donors (Lipinski definition) is 1. The van der Waals surface area contributed by atoms with Crippen LogP contribution in [0.2, 0.25) is 5.02 Å². The number of rotatable bonds is 3. The van der Waals surface area contributed by atoms with Crippen molar-refractivity contribution in [2.24, 2.45) is 7.05 Å². The zero-order valence-electron chi connectivity index (χ0n) is 13.4. The van der Waals surface area contributed by atoms with Gasteiger partial charge in [0.1, 0.15) is 0 Å². The lowest BCUT2D eigenvalue weighted by molar-refractivity contribution is 0.0345. The van der Waals surface area contributed by atoms with Crippen molar-refractivity contribution in [1.82, 2.24) is 9.88 Å². The van der Waals surface area contributed by atoms with E-state index in [4.69, 9.17) is 16.3 Å². The molecule has 0 atom stereocenters. The predicted molar refractivity (Wildman–Crippen MR) is 92.3 cm³/mol. The molecule has 1 N–H and O–H groups in total. The summed E-state index contributed by atoms with van der Waals surface area (Å²) in [4.78, 5) is 24.2. The Morgan fingerprint density at radius 2 is 1.83 bits per heavy atom. The van der Waals surface area contributed by atoms with Crippen molar-refractivity contribution in [1.29, 1.82) is 0 Å². The van der Waals surface area contributed by atoms with Gasteiger partial charge in [-0.2, -0.15) is 0 Å². The van der Waals surface area contributed by atoms with Crippen molar-refractivity contribution in [3.05, 3.63) is 69.1 Å². The minimum Gasteiger partial charge on any atom is -0.381 e. The van der Waals surface area contributed by atoms with Crippen molar-refractivity contribution in [3.63, 3.8) is 0 Å². The first-order valence-corrected chi connectivity index (χ1v) is 8.21. The number of nitrogens with one attached hydrogen (secondary N) is 1. The van der Waals surface area contributed by atoms with E-state index in [9.17, 15) is 9.59 Å². The number of hydrogen-bond acceptors (Lipinski definition) is 3. The molecule has 0 bridgehead atoms. The van der Waals surface area contributed by atoms with Gasteiger partial charge in [-0.3, -0.25) is 9.59 Å². The van der Waals surface area contributed by atoms with Crippen LogP contribution in [-0.2, 0) is 17.3 Å². The lowest BCUT2D eigenvalue weighted by Gasteiger charge is -2.38. The number of halogens is 1. The van der Waals surface area contributed by atoms with Gasteiger partial charge in [-0.1, -0.05) is 23.7 Å². The van der Waals surface area contributed by atoms with Gasteiger partial charge in [-0.25, -0.2) is 0 Å². The van der Waals surface area contributed by atoms with Gasteiger partial charge in [0.25, 0.3) is 5.91 Å². The summed E-state index contributed by atoms with van der Waals surface area (Å²) in [6.45, 7) is 1.16. The summed E-state index contributed by atoms with van der Waals surface area (Å²) < 4.78 is 6.87. The quantitative estimate of drug-likeness (QED) is 0.928. The van der Waals surface area contributed by atoms with Crippen molar-refractivity contribution in [2.75, 3.05) is 13.2 Å². The minimum atomic E-state index is -0.491. The number of benzene rings is 1. The maximum Gasteiger partial charge on any atom is 0.253 e. The molecule has 6 heteroatoms. The Hall–Kier alpha value is -2.11. The van der Waals surface area contributed by atoms with Gasteiger partial charge in [-0.15, -0.1) is 0 Å². The van der Waals surface area contributed by atoms with Crippen LogP contribution < -0.4 is 10.9 Å². The smallest absolute Gasteiger partial charge is 0.253 e. The SMILES string of the molecule is Cn1cc(C(=O)NC2(c3ccc(Cl)cc3)CCOCC2)ccc1=O. The molecule has 0 spiro atoms. The summed E-state index contributed by atoms with van der Waals surface area (Å²) >= 11 is 5.99. The monoisotopic (exact) mass is 346 g/mol. The molecule has 1 amide bonds. The van der Waals surface area contributed by atoms with E-state index in [1.807, 2.05) is 24.3 Å². The largest absolute Gasteiger partial charge is 0.381 e. The van der Waals surface area contributed by atoms with Crippen molar-refractivity contribution < 1.29 is 9.53 Å². The number of pyridine rings is 1. The summed E-state index contributed by atoms with van der Waals surface area (Å²) in [5.74, 6) is -0.206. The Bertz CT molecular complexity index is 793. The maximum absolute atomic E-state index is 12.7. The Morgan fingerprint density at radius 1 is 1.17 bits per heavy atom. The highest BCUT2D eigenvalue weighted by atomic mass is 35.5. The average Bonchev–Trinajstić information content (AvgIpc) is 2.58. The van der Waals surface area contributed by atoms with E-state index in [0.717, 1.165) is 5.56 Å². The highest BCUT2D eigenvalue weighted by molar-refractivity contribution is 6.30. The average molecular weight is 347 g/mol. The molecule has 24 heavy (non-hydrogen) atoms. The number of aromatic nitrogens is 1. The number of ether oxygens (including phenoxy) is 1. The molecule has 0 unspecified atom stereocenters. The van der Waals surface area contributed by atoms with Crippen LogP contribution in [0, 0.1) is 0 Å². The molecule has 2 heterocycles. The Morgan fingerprint density at radius 3 is 2.46 bits per heavy atom. The lowest BCUT2D eigenvalue weighted by atomic mass is 9.82. The zero-order chi connectivity index (χ0) is 17.2. The van der Waals surface area contributed by atoms with Gasteiger partial charge < -0.3 is 14.6 Å². The third-order valence-corrected chi connectivity index (χ3v) is 4.70. The summed E-state index contributed by atoms with van der Waals surface area (Å²) in [5.41, 5.74) is 0.824. The van der Waals surface area contributed by atoms with Gasteiger partial charge in [0, 0.05) is 37.5 Å². The molecule has 1 aromatic heterocycles. The van der Waals surface area contributed by atoms with Crippen LogP contribution in [0.4, 0.5) is 0 Å². The Balaban J connectivity index is 1.91. The van der Waals surface area contributed by atoms with E-state index in [1.165, 1.54) is 10.6 Å². The molecule has 1 aromatic carbocycles. The van der Waals surface area contributed by atoms with Crippen LogP contribution in [0.5, 0.6) is 0 Å². The molecule has 1 aliphatic heterocycles. The molecule has 1 saturated heterocycles. The van der Waals surface area contributed by atoms with Gasteiger partial charge >= 0.3 is 0 Å². The number of carbonyl (C=O) groups is 1. The summed E-state index contributed by atoms with van der Waals surface area (Å²) in [6.07, 6.45) is 2.92. The summed E-state index contributed by atoms with van der Waals surface area (Å²) in [6, 6.07) is 10.5. The lowest BCUT2D eigenvalue weighted by Crippen LogP contribution is -2.49. The molecule has 0 aliphatic carbocycles. The van der Waals surface area contributed by atoms with E-state index in [2.05, 4.69) is 5.32 Å². The molecule has 2 aromatic rings. The number of nitrogens with zero attached hydrogens (tertiary/aromatic N) is 1. The van der Waals surface area contributed by atoms with E-state index in [-0.39, 0.29) is 11.5 Å². The first-order chi connectivity index (χ1) is 11.5. The standard InChI is InChI=1S/C18H19ClN2O3/c1-21-12-13(2-7-16(21)22)17(23)20-18(8-10-24-11-9-18)14-3-5-15(19)6-4-14/h2-7,12H,8-11H2,1H3,(H,20,23). The molecular weight excluding hydrogens is 328 g/mol. The van der Waals surface area contributed by atoms with Crippen LogP contribution in [0.3, 0.4) is 0 Å². The molecule has 126 valence electrons.